The van der Waals surface area contributed by atoms with Crippen LogP contribution in [0.25, 0.3) is 0 Å². The fourth-order valence-corrected chi connectivity index (χ4v) is 2.04. The third kappa shape index (κ3) is 3.32. The lowest BCUT2D eigenvalue weighted by atomic mass is 9.96. The Kier molecular flexibility index (Phi) is 4.36. The Morgan fingerprint density at radius 2 is 2.07 bits per heavy atom. The van der Waals surface area contributed by atoms with E-state index < -0.39 is 18.0 Å². The zero-order chi connectivity index (χ0) is 11.5. The first-order valence-electron chi connectivity index (χ1n) is 4.88. The third-order valence-corrected chi connectivity index (χ3v) is 2.73. The minimum absolute atomic E-state index is 0.0297. The summed E-state index contributed by atoms with van der Waals surface area (Å²) in [6.07, 6.45) is -4.17. The number of rotatable bonds is 4. The van der Waals surface area contributed by atoms with E-state index >= 15 is 0 Å². The number of alkyl halides is 3. The zero-order valence-electron chi connectivity index (χ0n) is 8.63. The average molecular weight is 227 g/mol. The second-order valence-corrected chi connectivity index (χ2v) is 3.85. The number of likely N-dealkylation sites (tertiary alicyclic amines) is 1. The van der Waals surface area contributed by atoms with Crippen molar-refractivity contribution in [3.63, 3.8) is 0 Å². The van der Waals surface area contributed by atoms with Crippen LogP contribution in [0.15, 0.2) is 0 Å². The van der Waals surface area contributed by atoms with Crippen LogP contribution in [0.3, 0.4) is 0 Å². The van der Waals surface area contributed by atoms with Gasteiger partial charge in [0.2, 0.25) is 0 Å². The summed E-state index contributed by atoms with van der Waals surface area (Å²) in [5, 5.41) is 8.68. The van der Waals surface area contributed by atoms with Crippen LogP contribution in [0.5, 0.6) is 0 Å². The minimum atomic E-state index is -4.17. The number of aliphatic hydroxyl groups is 1. The SMILES string of the molecule is COC[C@@H]1CN(CCO)C[C@H]1C(F)(F)F. The van der Waals surface area contributed by atoms with Gasteiger partial charge in [-0.1, -0.05) is 0 Å². The largest absolute Gasteiger partial charge is 0.395 e. The highest BCUT2D eigenvalue weighted by Crippen LogP contribution is 2.37. The Morgan fingerprint density at radius 3 is 2.53 bits per heavy atom. The summed E-state index contributed by atoms with van der Waals surface area (Å²) in [5.41, 5.74) is 0. The van der Waals surface area contributed by atoms with E-state index in [1.54, 1.807) is 4.90 Å². The number of hydrogen-bond acceptors (Lipinski definition) is 3. The van der Waals surface area contributed by atoms with Gasteiger partial charge in [0.25, 0.3) is 0 Å². The summed E-state index contributed by atoms with van der Waals surface area (Å²) in [4.78, 5) is 1.63. The van der Waals surface area contributed by atoms with Crippen molar-refractivity contribution in [2.24, 2.45) is 11.8 Å². The highest BCUT2D eigenvalue weighted by atomic mass is 19.4. The molecule has 1 aliphatic heterocycles. The van der Waals surface area contributed by atoms with Crippen LogP contribution in [0, 0.1) is 11.8 Å². The molecule has 1 rings (SSSR count). The molecule has 1 N–H and O–H groups in total. The van der Waals surface area contributed by atoms with E-state index in [-0.39, 0.29) is 19.8 Å². The second-order valence-electron chi connectivity index (χ2n) is 3.85. The molecular weight excluding hydrogens is 211 g/mol. The fraction of sp³-hybridized carbons (Fsp3) is 1.00. The summed E-state index contributed by atoms with van der Waals surface area (Å²) in [7, 11) is 1.40. The van der Waals surface area contributed by atoms with Crippen LogP contribution >= 0.6 is 0 Å². The van der Waals surface area contributed by atoms with E-state index in [1.807, 2.05) is 0 Å². The summed E-state index contributed by atoms with van der Waals surface area (Å²) in [6, 6.07) is 0. The molecule has 0 radical (unpaired) electrons. The molecule has 0 aromatic heterocycles. The van der Waals surface area contributed by atoms with E-state index in [2.05, 4.69) is 0 Å². The molecule has 0 saturated carbocycles. The molecule has 1 fully saturated rings. The highest BCUT2D eigenvalue weighted by molar-refractivity contribution is 4.87. The van der Waals surface area contributed by atoms with Crippen molar-refractivity contribution in [1.82, 2.24) is 4.90 Å². The Labute approximate surface area is 86.8 Å². The standard InChI is InChI=1S/C9H16F3NO2/c1-15-6-7-4-13(2-3-14)5-8(7)9(10,11)12/h7-8,14H,2-6H2,1H3/t7-,8+/m0/s1. The van der Waals surface area contributed by atoms with E-state index in [9.17, 15) is 13.2 Å². The predicted molar refractivity (Wildman–Crippen MR) is 48.4 cm³/mol. The average Bonchev–Trinajstić information content (AvgIpc) is 2.49. The lowest BCUT2D eigenvalue weighted by Crippen LogP contribution is -2.32. The third-order valence-electron chi connectivity index (χ3n) is 2.73. The van der Waals surface area contributed by atoms with Crippen molar-refractivity contribution in [2.75, 3.05) is 40.0 Å². The maximum Gasteiger partial charge on any atom is 0.393 e. The van der Waals surface area contributed by atoms with E-state index in [4.69, 9.17) is 9.84 Å². The second kappa shape index (κ2) is 5.14. The Hall–Kier alpha value is -0.330. The molecule has 0 amide bonds. The zero-order valence-corrected chi connectivity index (χ0v) is 8.63. The van der Waals surface area contributed by atoms with Crippen molar-refractivity contribution in [1.29, 1.82) is 0 Å². The number of halogens is 3. The first kappa shape index (κ1) is 12.7. The normalized spacial score (nSPS) is 28.6. The van der Waals surface area contributed by atoms with Gasteiger partial charge in [0.05, 0.1) is 19.1 Å². The van der Waals surface area contributed by atoms with Gasteiger partial charge in [-0.3, -0.25) is 0 Å². The molecule has 0 aromatic carbocycles. The molecule has 0 aromatic rings. The monoisotopic (exact) mass is 227 g/mol. The first-order valence-corrected chi connectivity index (χ1v) is 4.88. The smallest absolute Gasteiger partial charge is 0.393 e. The Bertz CT molecular complexity index is 198. The number of hydrogen-bond donors (Lipinski definition) is 1. The van der Waals surface area contributed by atoms with Gasteiger partial charge in [-0.25, -0.2) is 0 Å². The molecule has 0 bridgehead atoms. The quantitative estimate of drug-likeness (QED) is 0.768. The van der Waals surface area contributed by atoms with E-state index in [1.165, 1.54) is 7.11 Å². The van der Waals surface area contributed by atoms with Crippen LogP contribution < -0.4 is 0 Å². The molecule has 0 aliphatic carbocycles. The summed E-state index contributed by atoms with van der Waals surface area (Å²) < 4.78 is 42.6. The number of methoxy groups -OCH3 is 1. The van der Waals surface area contributed by atoms with Crippen LogP contribution in [0.1, 0.15) is 0 Å². The van der Waals surface area contributed by atoms with Gasteiger partial charge in [0, 0.05) is 32.7 Å². The number of nitrogens with zero attached hydrogens (tertiary/aromatic N) is 1. The lowest BCUT2D eigenvalue weighted by molar-refractivity contribution is -0.183. The number of aliphatic hydroxyl groups excluding tert-OH is 1. The van der Waals surface area contributed by atoms with Crippen LogP contribution in [0.2, 0.25) is 0 Å². The van der Waals surface area contributed by atoms with Gasteiger partial charge in [0.15, 0.2) is 0 Å². The highest BCUT2D eigenvalue weighted by Gasteiger charge is 2.49. The summed E-state index contributed by atoms with van der Waals surface area (Å²) in [6.45, 7) is 0.625. The molecule has 1 heterocycles. The molecule has 15 heavy (non-hydrogen) atoms. The molecule has 1 saturated heterocycles. The fourth-order valence-electron chi connectivity index (χ4n) is 2.04. The Morgan fingerprint density at radius 1 is 1.40 bits per heavy atom. The first-order chi connectivity index (χ1) is 6.99. The van der Waals surface area contributed by atoms with Crippen molar-refractivity contribution < 1.29 is 23.0 Å². The summed E-state index contributed by atoms with van der Waals surface area (Å²) in [5.74, 6) is -1.84. The van der Waals surface area contributed by atoms with Crippen LogP contribution in [0.4, 0.5) is 13.2 Å². The molecule has 0 unspecified atom stereocenters. The molecule has 3 nitrogen and oxygen atoms in total. The van der Waals surface area contributed by atoms with Gasteiger partial charge in [-0.05, 0) is 0 Å². The van der Waals surface area contributed by atoms with Crippen molar-refractivity contribution >= 4 is 0 Å². The van der Waals surface area contributed by atoms with Crippen LogP contribution in [-0.4, -0.2) is 56.1 Å². The predicted octanol–water partition coefficient (Wildman–Crippen LogP) is 0.735. The van der Waals surface area contributed by atoms with Gasteiger partial charge < -0.3 is 14.7 Å². The maximum absolute atomic E-state index is 12.6. The minimum Gasteiger partial charge on any atom is -0.395 e. The van der Waals surface area contributed by atoms with Gasteiger partial charge in [-0.2, -0.15) is 13.2 Å². The van der Waals surface area contributed by atoms with Crippen LogP contribution in [-0.2, 0) is 4.74 Å². The number of ether oxygens (including phenoxy) is 1. The molecule has 2 atom stereocenters. The molecule has 0 spiro atoms. The van der Waals surface area contributed by atoms with Crippen molar-refractivity contribution in [3.05, 3.63) is 0 Å². The lowest BCUT2D eigenvalue weighted by Gasteiger charge is -2.20. The Balaban J connectivity index is 2.59. The van der Waals surface area contributed by atoms with Gasteiger partial charge >= 0.3 is 6.18 Å². The van der Waals surface area contributed by atoms with Gasteiger partial charge in [0.1, 0.15) is 0 Å². The number of β-amino-alcohol motifs (C(OH)–C–C–N with tert-alkyl or cyclic N) is 1. The van der Waals surface area contributed by atoms with Crippen molar-refractivity contribution in [2.45, 2.75) is 6.18 Å². The van der Waals surface area contributed by atoms with Gasteiger partial charge in [-0.15, -0.1) is 0 Å². The van der Waals surface area contributed by atoms with E-state index in [0.29, 0.717) is 13.1 Å². The molecule has 1 aliphatic rings. The van der Waals surface area contributed by atoms with E-state index in [0.717, 1.165) is 0 Å². The molecular formula is C9H16F3NO2. The molecule has 90 valence electrons. The maximum atomic E-state index is 12.6. The topological polar surface area (TPSA) is 32.7 Å². The van der Waals surface area contributed by atoms with Crippen molar-refractivity contribution in [3.8, 4) is 0 Å². The molecule has 6 heteroatoms. The summed E-state index contributed by atoms with van der Waals surface area (Å²) >= 11 is 0.